The van der Waals surface area contributed by atoms with Crippen LogP contribution in [0.5, 0.6) is 0 Å². The van der Waals surface area contributed by atoms with Crippen LogP contribution in [0.2, 0.25) is 0 Å². The van der Waals surface area contributed by atoms with Crippen molar-refractivity contribution >= 4 is 17.8 Å². The highest BCUT2D eigenvalue weighted by molar-refractivity contribution is 5.43. The Hall–Kier alpha value is -1.67. The molecule has 1 heterocycles. The molecule has 2 rings (SSSR count). The average molecular weight is 281 g/mol. The van der Waals surface area contributed by atoms with E-state index in [1.54, 1.807) is 7.11 Å². The van der Waals surface area contributed by atoms with E-state index in [1.165, 1.54) is 0 Å². The van der Waals surface area contributed by atoms with Crippen molar-refractivity contribution in [3.05, 3.63) is 0 Å². The average Bonchev–Trinajstić information content (AvgIpc) is 2.43. The number of hydrazine groups is 1. The largest absolute Gasteiger partial charge is 0.381 e. The van der Waals surface area contributed by atoms with E-state index < -0.39 is 0 Å². The fourth-order valence-electron chi connectivity index (χ4n) is 2.20. The Bertz CT molecular complexity index is 432. The number of aromatic nitrogens is 3. The van der Waals surface area contributed by atoms with Gasteiger partial charge in [-0.15, -0.1) is 0 Å². The minimum atomic E-state index is 0.337. The SMILES string of the molecule is CCN(CC)c1nc(NN)nc(NC2CC(OC)C2)n1. The molecule has 8 nitrogen and oxygen atoms in total. The first kappa shape index (κ1) is 14.7. The number of methoxy groups -OCH3 is 1. The molecule has 0 spiro atoms. The summed E-state index contributed by atoms with van der Waals surface area (Å²) in [6.45, 7) is 5.79. The summed E-state index contributed by atoms with van der Waals surface area (Å²) in [6, 6.07) is 0.345. The number of rotatable bonds is 7. The lowest BCUT2D eigenvalue weighted by Crippen LogP contribution is -2.40. The highest BCUT2D eigenvalue weighted by Crippen LogP contribution is 2.25. The number of nitrogens with zero attached hydrogens (tertiary/aromatic N) is 4. The molecule has 1 aromatic heterocycles. The van der Waals surface area contributed by atoms with Crippen molar-refractivity contribution in [1.82, 2.24) is 15.0 Å². The molecule has 1 aliphatic carbocycles. The molecule has 0 saturated heterocycles. The zero-order valence-corrected chi connectivity index (χ0v) is 12.3. The summed E-state index contributed by atoms with van der Waals surface area (Å²) in [4.78, 5) is 15.0. The van der Waals surface area contributed by atoms with Crippen LogP contribution in [0.4, 0.5) is 17.8 Å². The molecule has 1 aliphatic rings. The summed E-state index contributed by atoms with van der Waals surface area (Å²) in [5.74, 6) is 6.97. The highest BCUT2D eigenvalue weighted by atomic mass is 16.5. The van der Waals surface area contributed by atoms with E-state index >= 15 is 0 Å². The molecule has 0 aliphatic heterocycles. The van der Waals surface area contributed by atoms with Gasteiger partial charge in [0.05, 0.1) is 6.10 Å². The molecule has 1 aromatic rings. The molecular formula is C12H23N7O. The molecule has 4 N–H and O–H groups in total. The van der Waals surface area contributed by atoms with E-state index in [0.29, 0.717) is 30.0 Å². The molecule has 8 heteroatoms. The summed E-state index contributed by atoms with van der Waals surface area (Å²) < 4.78 is 5.26. The Morgan fingerprint density at radius 2 is 1.85 bits per heavy atom. The second-order valence-electron chi connectivity index (χ2n) is 4.77. The maximum absolute atomic E-state index is 5.42. The fourth-order valence-corrected chi connectivity index (χ4v) is 2.20. The summed E-state index contributed by atoms with van der Waals surface area (Å²) in [6.07, 6.45) is 2.27. The van der Waals surface area contributed by atoms with Crippen molar-refractivity contribution in [2.45, 2.75) is 38.8 Å². The first-order valence-corrected chi connectivity index (χ1v) is 6.97. The van der Waals surface area contributed by atoms with Crippen LogP contribution in [-0.4, -0.2) is 47.3 Å². The molecule has 1 fully saturated rings. The van der Waals surface area contributed by atoms with E-state index in [2.05, 4.69) is 39.5 Å². The quantitative estimate of drug-likeness (QED) is 0.493. The van der Waals surface area contributed by atoms with Gasteiger partial charge < -0.3 is 15.0 Å². The summed E-state index contributed by atoms with van der Waals surface area (Å²) in [7, 11) is 1.73. The van der Waals surface area contributed by atoms with Crippen molar-refractivity contribution in [1.29, 1.82) is 0 Å². The van der Waals surface area contributed by atoms with Gasteiger partial charge in [-0.2, -0.15) is 15.0 Å². The molecule has 0 unspecified atom stereocenters. The zero-order chi connectivity index (χ0) is 14.5. The molecule has 0 bridgehead atoms. The molecule has 0 radical (unpaired) electrons. The summed E-state index contributed by atoms with van der Waals surface area (Å²) in [5, 5.41) is 3.30. The van der Waals surface area contributed by atoms with Crippen LogP contribution in [-0.2, 0) is 4.74 Å². The predicted molar refractivity (Wildman–Crippen MR) is 78.6 cm³/mol. The minimum absolute atomic E-state index is 0.337. The van der Waals surface area contributed by atoms with Gasteiger partial charge in [0.1, 0.15) is 0 Å². The van der Waals surface area contributed by atoms with Gasteiger partial charge in [0.25, 0.3) is 0 Å². The van der Waals surface area contributed by atoms with Crippen molar-refractivity contribution in [2.24, 2.45) is 5.84 Å². The topological polar surface area (TPSA) is 101 Å². The normalized spacial score (nSPS) is 21.2. The third-order valence-corrected chi connectivity index (χ3v) is 3.56. The van der Waals surface area contributed by atoms with Gasteiger partial charge in [-0.05, 0) is 26.7 Å². The van der Waals surface area contributed by atoms with Crippen LogP contribution in [0, 0.1) is 0 Å². The first-order valence-electron chi connectivity index (χ1n) is 6.97. The lowest BCUT2D eigenvalue weighted by molar-refractivity contribution is 0.0327. The minimum Gasteiger partial charge on any atom is -0.381 e. The van der Waals surface area contributed by atoms with Crippen LogP contribution in [0.25, 0.3) is 0 Å². The van der Waals surface area contributed by atoms with E-state index in [0.717, 1.165) is 25.9 Å². The smallest absolute Gasteiger partial charge is 0.243 e. The molecular weight excluding hydrogens is 258 g/mol. The number of nitrogens with one attached hydrogen (secondary N) is 2. The van der Waals surface area contributed by atoms with E-state index in [9.17, 15) is 0 Å². The van der Waals surface area contributed by atoms with Gasteiger partial charge in [0, 0.05) is 26.2 Å². The molecule has 0 aromatic carbocycles. The van der Waals surface area contributed by atoms with Crippen molar-refractivity contribution in [3.63, 3.8) is 0 Å². The highest BCUT2D eigenvalue weighted by Gasteiger charge is 2.29. The predicted octanol–water partition coefficient (Wildman–Crippen LogP) is 0.593. The lowest BCUT2D eigenvalue weighted by Gasteiger charge is -2.34. The van der Waals surface area contributed by atoms with Crippen LogP contribution < -0.4 is 21.5 Å². The third kappa shape index (κ3) is 3.26. The third-order valence-electron chi connectivity index (χ3n) is 3.56. The van der Waals surface area contributed by atoms with Crippen LogP contribution >= 0.6 is 0 Å². The number of nitrogens with two attached hydrogens (primary N) is 1. The van der Waals surface area contributed by atoms with Crippen molar-refractivity contribution in [3.8, 4) is 0 Å². The number of hydrogen-bond donors (Lipinski definition) is 3. The van der Waals surface area contributed by atoms with Gasteiger partial charge in [-0.1, -0.05) is 0 Å². The van der Waals surface area contributed by atoms with E-state index in [4.69, 9.17) is 10.6 Å². The first-order chi connectivity index (χ1) is 9.69. The van der Waals surface area contributed by atoms with E-state index in [1.807, 2.05) is 4.90 Å². The number of hydrogen-bond acceptors (Lipinski definition) is 8. The number of anilines is 3. The summed E-state index contributed by atoms with van der Waals surface area (Å²) in [5.41, 5.74) is 2.49. The van der Waals surface area contributed by atoms with Gasteiger partial charge in [0.15, 0.2) is 0 Å². The Labute approximate surface area is 119 Å². The zero-order valence-electron chi connectivity index (χ0n) is 12.3. The lowest BCUT2D eigenvalue weighted by atomic mass is 9.89. The molecule has 1 saturated carbocycles. The monoisotopic (exact) mass is 281 g/mol. The van der Waals surface area contributed by atoms with E-state index in [-0.39, 0.29) is 0 Å². The Morgan fingerprint density at radius 1 is 1.20 bits per heavy atom. The molecule has 112 valence electrons. The van der Waals surface area contributed by atoms with Gasteiger partial charge in [-0.3, -0.25) is 5.43 Å². The van der Waals surface area contributed by atoms with Gasteiger partial charge in [-0.25, -0.2) is 5.84 Å². The number of ether oxygens (including phenoxy) is 1. The molecule has 20 heavy (non-hydrogen) atoms. The van der Waals surface area contributed by atoms with Crippen molar-refractivity contribution < 1.29 is 4.74 Å². The fraction of sp³-hybridized carbons (Fsp3) is 0.750. The van der Waals surface area contributed by atoms with Crippen LogP contribution in [0.15, 0.2) is 0 Å². The molecule has 0 amide bonds. The van der Waals surface area contributed by atoms with Crippen LogP contribution in [0.3, 0.4) is 0 Å². The second kappa shape index (κ2) is 6.67. The Morgan fingerprint density at radius 3 is 2.40 bits per heavy atom. The van der Waals surface area contributed by atoms with Gasteiger partial charge >= 0.3 is 0 Å². The number of nitrogen functional groups attached to an aromatic ring is 1. The maximum Gasteiger partial charge on any atom is 0.243 e. The standard InChI is InChI=1S/C12H23N7O/c1-4-19(5-2)12-16-10(15-11(17-12)18-13)14-8-6-9(7-8)20-3/h8-9H,4-7,13H2,1-3H3,(H2,14,15,16,17,18). The summed E-state index contributed by atoms with van der Waals surface area (Å²) >= 11 is 0. The van der Waals surface area contributed by atoms with Crippen molar-refractivity contribution in [2.75, 3.05) is 35.8 Å². The Balaban J connectivity index is 2.09. The second-order valence-corrected chi connectivity index (χ2v) is 4.77. The molecule has 0 atom stereocenters. The van der Waals surface area contributed by atoms with Gasteiger partial charge in [0.2, 0.25) is 17.8 Å². The maximum atomic E-state index is 5.42. The van der Waals surface area contributed by atoms with Crippen LogP contribution in [0.1, 0.15) is 26.7 Å². The Kier molecular flexibility index (Phi) is 4.91.